The molecule has 3 aromatic rings. The molecule has 3 rings (SSSR count). The summed E-state index contributed by atoms with van der Waals surface area (Å²) in [5.74, 6) is 1.68. The molecule has 32 heavy (non-hydrogen) atoms. The third-order valence-corrected chi connectivity index (χ3v) is 5.06. The van der Waals surface area contributed by atoms with Crippen molar-refractivity contribution in [2.24, 2.45) is 5.10 Å². The number of fused-ring (bicyclic) bond motifs is 1. The summed E-state index contributed by atoms with van der Waals surface area (Å²) < 4.78 is 18.3. The summed E-state index contributed by atoms with van der Waals surface area (Å²) in [6, 6.07) is 15.8. The molecule has 0 bridgehead atoms. The number of hydrazone groups is 1. The van der Waals surface area contributed by atoms with Crippen molar-refractivity contribution in [2.45, 2.75) is 39.2 Å². The standard InChI is InChI=1S/C25H31N3O4/c1-3-4-5-8-16-31-21-11-13-22(14-12-21)32-17-15-28-19-20(18-26-27-25(29)30-2)23-9-6-7-10-24(23)28/h6-7,9-14,18-19H,3-5,8,15-17H2,1-2H3,(H,27,29)/b26-18+. The van der Waals surface area contributed by atoms with E-state index in [4.69, 9.17) is 9.47 Å². The number of rotatable bonds is 12. The van der Waals surface area contributed by atoms with E-state index in [0.717, 1.165) is 41.0 Å². The number of ether oxygens (including phenoxy) is 3. The van der Waals surface area contributed by atoms with Crippen molar-refractivity contribution >= 4 is 23.2 Å². The summed E-state index contributed by atoms with van der Waals surface area (Å²) in [7, 11) is 1.30. The summed E-state index contributed by atoms with van der Waals surface area (Å²) >= 11 is 0. The van der Waals surface area contributed by atoms with Crippen molar-refractivity contribution in [1.29, 1.82) is 0 Å². The maximum absolute atomic E-state index is 11.2. The van der Waals surface area contributed by atoms with E-state index in [1.165, 1.54) is 26.4 Å². The van der Waals surface area contributed by atoms with Gasteiger partial charge in [0.1, 0.15) is 18.1 Å². The van der Waals surface area contributed by atoms with Crippen molar-refractivity contribution in [3.05, 3.63) is 60.3 Å². The van der Waals surface area contributed by atoms with Crippen molar-refractivity contribution < 1.29 is 19.0 Å². The minimum Gasteiger partial charge on any atom is -0.494 e. The molecule has 0 saturated carbocycles. The SMILES string of the molecule is CCCCCCOc1ccc(OCCn2cc(/C=N/NC(=O)OC)c3ccccc32)cc1. The Labute approximate surface area is 189 Å². The minimum absolute atomic E-state index is 0.521. The van der Waals surface area contributed by atoms with Crippen LogP contribution in [0.15, 0.2) is 59.8 Å². The maximum atomic E-state index is 11.2. The first kappa shape index (κ1) is 23.2. The van der Waals surface area contributed by atoms with Gasteiger partial charge in [-0.05, 0) is 36.8 Å². The number of carbonyl (C=O) groups is 1. The highest BCUT2D eigenvalue weighted by atomic mass is 16.5. The number of hydrogen-bond acceptors (Lipinski definition) is 5. The molecule has 0 atom stereocenters. The van der Waals surface area contributed by atoms with Crippen molar-refractivity contribution in [3.8, 4) is 11.5 Å². The van der Waals surface area contributed by atoms with Crippen LogP contribution in [0, 0.1) is 0 Å². The number of hydrogen-bond donors (Lipinski definition) is 1. The lowest BCUT2D eigenvalue weighted by molar-refractivity contribution is 0.171. The van der Waals surface area contributed by atoms with Crippen LogP contribution in [0.4, 0.5) is 4.79 Å². The summed E-state index contributed by atoms with van der Waals surface area (Å²) in [6.45, 7) is 4.15. The van der Waals surface area contributed by atoms with Crippen LogP contribution in [0.25, 0.3) is 10.9 Å². The highest BCUT2D eigenvalue weighted by molar-refractivity contribution is 5.99. The van der Waals surface area contributed by atoms with Gasteiger partial charge in [-0.15, -0.1) is 0 Å². The van der Waals surface area contributed by atoms with Crippen LogP contribution in [0.1, 0.15) is 38.2 Å². The number of nitrogens with zero attached hydrogens (tertiary/aromatic N) is 2. The average molecular weight is 438 g/mol. The van der Waals surface area contributed by atoms with Gasteiger partial charge in [0.05, 0.1) is 26.5 Å². The first-order valence-corrected chi connectivity index (χ1v) is 11.0. The summed E-state index contributed by atoms with van der Waals surface area (Å²) in [4.78, 5) is 11.2. The molecule has 0 aliphatic heterocycles. The molecule has 0 aliphatic carbocycles. The van der Waals surface area contributed by atoms with Gasteiger partial charge in [-0.25, -0.2) is 10.2 Å². The van der Waals surface area contributed by atoms with Crippen LogP contribution in [0.3, 0.4) is 0 Å². The average Bonchev–Trinajstić information content (AvgIpc) is 3.17. The van der Waals surface area contributed by atoms with Gasteiger partial charge >= 0.3 is 6.09 Å². The number of unbranched alkanes of at least 4 members (excludes halogenated alkanes) is 3. The normalized spacial score (nSPS) is 11.1. The smallest absolute Gasteiger partial charge is 0.427 e. The molecule has 1 N–H and O–H groups in total. The minimum atomic E-state index is -0.605. The number of benzene rings is 2. The van der Waals surface area contributed by atoms with E-state index in [2.05, 4.69) is 26.8 Å². The fraction of sp³-hybridized carbons (Fsp3) is 0.360. The van der Waals surface area contributed by atoms with E-state index in [1.54, 1.807) is 6.21 Å². The van der Waals surface area contributed by atoms with Crippen LogP contribution >= 0.6 is 0 Å². The second-order valence-corrected chi connectivity index (χ2v) is 7.39. The van der Waals surface area contributed by atoms with E-state index >= 15 is 0 Å². The lowest BCUT2D eigenvalue weighted by atomic mass is 10.2. The molecule has 0 radical (unpaired) electrons. The van der Waals surface area contributed by atoms with Gasteiger partial charge in [-0.1, -0.05) is 44.4 Å². The van der Waals surface area contributed by atoms with Crippen LogP contribution < -0.4 is 14.9 Å². The van der Waals surface area contributed by atoms with Crippen LogP contribution in [-0.4, -0.2) is 37.2 Å². The fourth-order valence-corrected chi connectivity index (χ4v) is 3.38. The number of methoxy groups -OCH3 is 1. The number of aromatic nitrogens is 1. The Morgan fingerprint density at radius 1 is 1.00 bits per heavy atom. The molecule has 7 heteroatoms. The summed E-state index contributed by atoms with van der Waals surface area (Å²) in [5.41, 5.74) is 4.28. The fourth-order valence-electron chi connectivity index (χ4n) is 3.38. The van der Waals surface area contributed by atoms with E-state index in [-0.39, 0.29) is 0 Å². The topological polar surface area (TPSA) is 74.1 Å². The lowest BCUT2D eigenvalue weighted by Gasteiger charge is -2.10. The van der Waals surface area contributed by atoms with Gasteiger partial charge in [-0.3, -0.25) is 0 Å². The van der Waals surface area contributed by atoms with Crippen LogP contribution in [-0.2, 0) is 11.3 Å². The zero-order chi connectivity index (χ0) is 22.6. The van der Waals surface area contributed by atoms with Crippen molar-refractivity contribution in [2.75, 3.05) is 20.3 Å². The van der Waals surface area contributed by atoms with Gasteiger partial charge in [0.25, 0.3) is 0 Å². The van der Waals surface area contributed by atoms with E-state index in [0.29, 0.717) is 13.2 Å². The predicted octanol–water partition coefficient (Wildman–Crippen LogP) is 5.37. The van der Waals surface area contributed by atoms with E-state index in [9.17, 15) is 4.79 Å². The van der Waals surface area contributed by atoms with Gasteiger partial charge in [0.2, 0.25) is 0 Å². The Morgan fingerprint density at radius 3 is 2.44 bits per heavy atom. The Morgan fingerprint density at radius 2 is 1.72 bits per heavy atom. The monoisotopic (exact) mass is 437 g/mol. The number of nitrogens with one attached hydrogen (secondary N) is 1. The van der Waals surface area contributed by atoms with E-state index in [1.807, 2.05) is 54.7 Å². The number of amides is 1. The molecule has 2 aromatic carbocycles. The first-order valence-electron chi connectivity index (χ1n) is 11.0. The molecule has 0 fully saturated rings. The van der Waals surface area contributed by atoms with Crippen LogP contribution in [0.5, 0.6) is 11.5 Å². The third kappa shape index (κ3) is 6.77. The highest BCUT2D eigenvalue weighted by Gasteiger charge is 2.07. The molecule has 0 saturated heterocycles. The second-order valence-electron chi connectivity index (χ2n) is 7.39. The Balaban J connectivity index is 1.53. The molecule has 1 amide bonds. The van der Waals surface area contributed by atoms with E-state index < -0.39 is 6.09 Å². The van der Waals surface area contributed by atoms with Crippen molar-refractivity contribution in [1.82, 2.24) is 9.99 Å². The molecule has 0 unspecified atom stereocenters. The quantitative estimate of drug-likeness (QED) is 0.235. The molecule has 0 spiro atoms. The Hall–Kier alpha value is -3.48. The highest BCUT2D eigenvalue weighted by Crippen LogP contribution is 2.21. The predicted molar refractivity (Wildman–Crippen MR) is 127 cm³/mol. The molecule has 170 valence electrons. The zero-order valence-corrected chi connectivity index (χ0v) is 18.8. The Bertz CT molecular complexity index is 1010. The zero-order valence-electron chi connectivity index (χ0n) is 18.8. The molecule has 1 aromatic heterocycles. The largest absolute Gasteiger partial charge is 0.494 e. The molecular weight excluding hydrogens is 406 g/mol. The second kappa shape index (κ2) is 12.4. The molecule has 7 nitrogen and oxygen atoms in total. The van der Waals surface area contributed by atoms with Crippen molar-refractivity contribution in [3.63, 3.8) is 0 Å². The van der Waals surface area contributed by atoms with Gasteiger partial charge in [-0.2, -0.15) is 5.10 Å². The summed E-state index contributed by atoms with van der Waals surface area (Å²) in [6.07, 6.45) is 7.77. The first-order chi connectivity index (χ1) is 15.7. The lowest BCUT2D eigenvalue weighted by Crippen LogP contribution is -2.16. The Kier molecular flexibility index (Phi) is 8.98. The third-order valence-electron chi connectivity index (χ3n) is 5.06. The number of para-hydroxylation sites is 1. The molecule has 1 heterocycles. The maximum Gasteiger partial charge on any atom is 0.427 e. The van der Waals surface area contributed by atoms with Gasteiger partial charge < -0.3 is 18.8 Å². The molecule has 0 aliphatic rings. The molecular formula is C25H31N3O4. The van der Waals surface area contributed by atoms with Gasteiger partial charge in [0.15, 0.2) is 0 Å². The van der Waals surface area contributed by atoms with Gasteiger partial charge in [0, 0.05) is 22.7 Å². The number of carbonyl (C=O) groups excluding carboxylic acids is 1. The summed E-state index contributed by atoms with van der Waals surface area (Å²) in [5, 5.41) is 4.99. The van der Waals surface area contributed by atoms with Crippen LogP contribution in [0.2, 0.25) is 0 Å².